The first-order valence-electron chi connectivity index (χ1n) is 4.37. The van der Waals surface area contributed by atoms with Crippen LogP contribution < -0.4 is 5.73 Å². The third kappa shape index (κ3) is 1.80. The lowest BCUT2D eigenvalue weighted by Gasteiger charge is -2.08. The van der Waals surface area contributed by atoms with Crippen molar-refractivity contribution in [2.24, 2.45) is 11.7 Å². The van der Waals surface area contributed by atoms with Crippen LogP contribution in [0.4, 0.5) is 0 Å². The molecule has 0 aromatic carbocycles. The summed E-state index contributed by atoms with van der Waals surface area (Å²) in [6, 6.07) is 0.138. The smallest absolute Gasteiger partial charge is 0.115 e. The van der Waals surface area contributed by atoms with Gasteiger partial charge in [0, 0.05) is 24.0 Å². The minimum absolute atomic E-state index is 0.138. The van der Waals surface area contributed by atoms with Crippen molar-refractivity contribution < 1.29 is 0 Å². The highest BCUT2D eigenvalue weighted by atomic mass is 14.8. The average molecular weight is 163 g/mol. The zero-order chi connectivity index (χ0) is 8.39. The lowest BCUT2D eigenvalue weighted by Crippen LogP contribution is -2.11. The molecule has 3 nitrogen and oxygen atoms in total. The van der Waals surface area contributed by atoms with Gasteiger partial charge in [0.25, 0.3) is 0 Å². The van der Waals surface area contributed by atoms with Gasteiger partial charge in [-0.1, -0.05) is 12.8 Å². The maximum atomic E-state index is 5.96. The largest absolute Gasteiger partial charge is 0.324 e. The number of nitrogens with two attached hydrogens (primary N) is 1. The second-order valence-electron chi connectivity index (χ2n) is 3.46. The summed E-state index contributed by atoms with van der Waals surface area (Å²) in [6.45, 7) is 0. The molecule has 0 saturated heterocycles. The van der Waals surface area contributed by atoms with Gasteiger partial charge in [0.1, 0.15) is 6.33 Å². The van der Waals surface area contributed by atoms with Gasteiger partial charge in [-0.25, -0.2) is 9.97 Å². The SMILES string of the molecule is N[C@H](CC1CC1)c1cncnc1. The monoisotopic (exact) mass is 163 g/mol. The van der Waals surface area contributed by atoms with Gasteiger partial charge >= 0.3 is 0 Å². The molecular weight excluding hydrogens is 150 g/mol. The van der Waals surface area contributed by atoms with Crippen LogP contribution in [-0.2, 0) is 0 Å². The second kappa shape index (κ2) is 3.19. The summed E-state index contributed by atoms with van der Waals surface area (Å²) in [5.41, 5.74) is 7.02. The quantitative estimate of drug-likeness (QED) is 0.730. The standard InChI is InChI=1S/C9H13N3/c10-9(3-7-1-2-7)8-4-11-6-12-5-8/h4-7,9H,1-3,10H2/t9-/m1/s1. The van der Waals surface area contributed by atoms with Crippen LogP contribution in [0.5, 0.6) is 0 Å². The van der Waals surface area contributed by atoms with Gasteiger partial charge in [0.15, 0.2) is 0 Å². The molecule has 1 aromatic rings. The highest BCUT2D eigenvalue weighted by molar-refractivity contribution is 5.08. The van der Waals surface area contributed by atoms with E-state index in [1.54, 1.807) is 12.4 Å². The molecular formula is C9H13N3. The molecule has 12 heavy (non-hydrogen) atoms. The first-order valence-corrected chi connectivity index (χ1v) is 4.37. The Morgan fingerprint density at radius 3 is 2.67 bits per heavy atom. The van der Waals surface area contributed by atoms with Crippen LogP contribution in [-0.4, -0.2) is 9.97 Å². The minimum Gasteiger partial charge on any atom is -0.324 e. The molecule has 0 amide bonds. The van der Waals surface area contributed by atoms with Gasteiger partial charge in [-0.15, -0.1) is 0 Å². The molecule has 1 aliphatic carbocycles. The number of aromatic nitrogens is 2. The molecule has 1 aliphatic rings. The second-order valence-corrected chi connectivity index (χ2v) is 3.46. The van der Waals surface area contributed by atoms with E-state index in [-0.39, 0.29) is 6.04 Å². The van der Waals surface area contributed by atoms with E-state index in [1.165, 1.54) is 19.2 Å². The van der Waals surface area contributed by atoms with Crippen LogP contribution >= 0.6 is 0 Å². The fourth-order valence-corrected chi connectivity index (χ4v) is 1.35. The third-order valence-electron chi connectivity index (χ3n) is 2.29. The number of nitrogens with zero attached hydrogens (tertiary/aromatic N) is 2. The van der Waals surface area contributed by atoms with Crippen molar-refractivity contribution in [2.75, 3.05) is 0 Å². The predicted octanol–water partition coefficient (Wildman–Crippen LogP) is 1.28. The normalized spacial score (nSPS) is 19.1. The number of hydrogen-bond donors (Lipinski definition) is 1. The summed E-state index contributed by atoms with van der Waals surface area (Å²) in [5.74, 6) is 0.861. The number of rotatable bonds is 3. The molecule has 1 atom stereocenters. The van der Waals surface area contributed by atoms with E-state index in [9.17, 15) is 0 Å². The Hall–Kier alpha value is -0.960. The molecule has 1 aromatic heterocycles. The van der Waals surface area contributed by atoms with E-state index in [4.69, 9.17) is 5.73 Å². The first kappa shape index (κ1) is 7.68. The average Bonchev–Trinajstić information content (AvgIpc) is 2.90. The Bertz CT molecular complexity index is 243. The van der Waals surface area contributed by atoms with Crippen molar-refractivity contribution in [3.8, 4) is 0 Å². The molecule has 1 heterocycles. The molecule has 2 N–H and O–H groups in total. The third-order valence-corrected chi connectivity index (χ3v) is 2.29. The van der Waals surface area contributed by atoms with E-state index < -0.39 is 0 Å². The maximum Gasteiger partial charge on any atom is 0.115 e. The van der Waals surface area contributed by atoms with Crippen LogP contribution in [0, 0.1) is 5.92 Å². The molecule has 2 rings (SSSR count). The summed E-state index contributed by atoms with van der Waals surface area (Å²) in [4.78, 5) is 7.88. The predicted molar refractivity (Wildman–Crippen MR) is 46.3 cm³/mol. The molecule has 64 valence electrons. The highest BCUT2D eigenvalue weighted by Crippen LogP contribution is 2.36. The molecule has 0 aliphatic heterocycles. The lowest BCUT2D eigenvalue weighted by atomic mass is 10.1. The van der Waals surface area contributed by atoms with Gasteiger partial charge in [-0.2, -0.15) is 0 Å². The van der Waals surface area contributed by atoms with E-state index in [0.717, 1.165) is 17.9 Å². The minimum atomic E-state index is 0.138. The topological polar surface area (TPSA) is 51.8 Å². The zero-order valence-corrected chi connectivity index (χ0v) is 6.98. The van der Waals surface area contributed by atoms with Crippen LogP contribution in [0.3, 0.4) is 0 Å². The summed E-state index contributed by atoms with van der Waals surface area (Å²) < 4.78 is 0. The zero-order valence-electron chi connectivity index (χ0n) is 6.98. The summed E-state index contributed by atoms with van der Waals surface area (Å²) in [6.07, 6.45) is 8.93. The van der Waals surface area contributed by atoms with Crippen LogP contribution in [0.15, 0.2) is 18.7 Å². The fraction of sp³-hybridized carbons (Fsp3) is 0.556. The van der Waals surface area contributed by atoms with Gasteiger partial charge in [0.05, 0.1) is 0 Å². The molecule has 0 spiro atoms. The Kier molecular flexibility index (Phi) is 2.04. The van der Waals surface area contributed by atoms with Crippen molar-refractivity contribution >= 4 is 0 Å². The first-order chi connectivity index (χ1) is 5.86. The van der Waals surface area contributed by atoms with Crippen molar-refractivity contribution in [3.63, 3.8) is 0 Å². The van der Waals surface area contributed by atoms with Crippen molar-refractivity contribution in [1.29, 1.82) is 0 Å². The molecule has 1 fully saturated rings. The van der Waals surface area contributed by atoms with Crippen molar-refractivity contribution in [3.05, 3.63) is 24.3 Å². The lowest BCUT2D eigenvalue weighted by molar-refractivity contribution is 0.593. The van der Waals surface area contributed by atoms with Gasteiger partial charge in [0.2, 0.25) is 0 Å². The Balaban J connectivity index is 1.98. The number of hydrogen-bond acceptors (Lipinski definition) is 3. The van der Waals surface area contributed by atoms with Gasteiger partial charge in [-0.05, 0) is 12.3 Å². The van der Waals surface area contributed by atoms with Crippen LogP contribution in [0.1, 0.15) is 30.9 Å². The van der Waals surface area contributed by atoms with Gasteiger partial charge in [-0.3, -0.25) is 0 Å². The Morgan fingerprint density at radius 2 is 2.08 bits per heavy atom. The summed E-state index contributed by atoms with van der Waals surface area (Å²) in [5, 5.41) is 0. The molecule has 0 radical (unpaired) electrons. The highest BCUT2D eigenvalue weighted by Gasteiger charge is 2.24. The summed E-state index contributed by atoms with van der Waals surface area (Å²) >= 11 is 0. The Morgan fingerprint density at radius 1 is 1.42 bits per heavy atom. The van der Waals surface area contributed by atoms with Crippen molar-refractivity contribution in [1.82, 2.24) is 9.97 Å². The Labute approximate surface area is 72.0 Å². The van der Waals surface area contributed by atoms with E-state index in [1.807, 2.05) is 0 Å². The molecule has 3 heteroatoms. The van der Waals surface area contributed by atoms with Crippen LogP contribution in [0.2, 0.25) is 0 Å². The maximum absolute atomic E-state index is 5.96. The summed E-state index contributed by atoms with van der Waals surface area (Å²) in [7, 11) is 0. The van der Waals surface area contributed by atoms with E-state index >= 15 is 0 Å². The molecule has 0 unspecified atom stereocenters. The fourth-order valence-electron chi connectivity index (χ4n) is 1.35. The molecule has 1 saturated carbocycles. The van der Waals surface area contributed by atoms with Crippen LogP contribution in [0.25, 0.3) is 0 Å². The molecule has 0 bridgehead atoms. The van der Waals surface area contributed by atoms with Gasteiger partial charge < -0.3 is 5.73 Å². The van der Waals surface area contributed by atoms with E-state index in [0.29, 0.717) is 0 Å². The van der Waals surface area contributed by atoms with Crippen molar-refractivity contribution in [2.45, 2.75) is 25.3 Å². The van der Waals surface area contributed by atoms with E-state index in [2.05, 4.69) is 9.97 Å².